The normalized spacial score (nSPS) is 21.4. The van der Waals surface area contributed by atoms with Gasteiger partial charge in [-0.2, -0.15) is 0 Å². The van der Waals surface area contributed by atoms with Crippen molar-refractivity contribution in [2.75, 3.05) is 19.8 Å². The van der Waals surface area contributed by atoms with Crippen molar-refractivity contribution in [1.29, 1.82) is 0 Å². The number of furan rings is 1. The summed E-state index contributed by atoms with van der Waals surface area (Å²) in [7, 11) is 0. The highest BCUT2D eigenvalue weighted by Crippen LogP contribution is 2.14. The number of hydrogen-bond donors (Lipinski definition) is 2. The number of nitrogen functional groups attached to an aromatic ring is 1. The van der Waals surface area contributed by atoms with Gasteiger partial charge in [-0.3, -0.25) is 15.1 Å². The second-order valence-electron chi connectivity index (χ2n) is 4.13. The SMILES string of the molecule is CC1COCCN1Cc1ccc(C(=O)NN)o1. The van der Waals surface area contributed by atoms with Gasteiger partial charge >= 0.3 is 5.91 Å². The van der Waals surface area contributed by atoms with Crippen molar-refractivity contribution < 1.29 is 13.9 Å². The molecule has 0 spiro atoms. The molecule has 3 N–H and O–H groups in total. The third kappa shape index (κ3) is 2.85. The number of nitrogens with two attached hydrogens (primary N) is 1. The van der Waals surface area contributed by atoms with E-state index in [0.29, 0.717) is 12.6 Å². The van der Waals surface area contributed by atoms with Crippen LogP contribution in [-0.4, -0.2) is 36.6 Å². The number of nitrogens with one attached hydrogen (secondary N) is 1. The van der Waals surface area contributed by atoms with E-state index in [4.69, 9.17) is 15.0 Å². The highest BCUT2D eigenvalue weighted by molar-refractivity contribution is 5.90. The number of hydrogen-bond acceptors (Lipinski definition) is 5. The first-order valence-electron chi connectivity index (χ1n) is 5.62. The summed E-state index contributed by atoms with van der Waals surface area (Å²) in [5, 5.41) is 0. The predicted molar refractivity (Wildman–Crippen MR) is 61.1 cm³/mol. The van der Waals surface area contributed by atoms with Crippen molar-refractivity contribution in [1.82, 2.24) is 10.3 Å². The lowest BCUT2D eigenvalue weighted by Crippen LogP contribution is -2.42. The Morgan fingerprint density at radius 2 is 2.47 bits per heavy atom. The molecule has 2 heterocycles. The standard InChI is InChI=1S/C11H17N3O3/c1-8-7-16-5-4-14(8)6-9-2-3-10(17-9)11(15)13-12/h2-3,8H,4-7,12H2,1H3,(H,13,15). The first kappa shape index (κ1) is 12.1. The average Bonchev–Trinajstić information content (AvgIpc) is 2.80. The van der Waals surface area contributed by atoms with Crippen molar-refractivity contribution in [3.05, 3.63) is 23.7 Å². The molecule has 2 rings (SSSR count). The number of nitrogens with zero attached hydrogens (tertiary/aromatic N) is 1. The van der Waals surface area contributed by atoms with Crippen LogP contribution in [0.2, 0.25) is 0 Å². The molecule has 0 aromatic carbocycles. The molecule has 6 heteroatoms. The van der Waals surface area contributed by atoms with Gasteiger partial charge in [-0.05, 0) is 19.1 Å². The average molecular weight is 239 g/mol. The first-order valence-corrected chi connectivity index (χ1v) is 5.62. The summed E-state index contributed by atoms with van der Waals surface area (Å²) in [5.74, 6) is 5.62. The van der Waals surface area contributed by atoms with E-state index in [-0.39, 0.29) is 5.76 Å². The minimum atomic E-state index is -0.411. The van der Waals surface area contributed by atoms with Crippen LogP contribution in [0.4, 0.5) is 0 Å². The van der Waals surface area contributed by atoms with Crippen molar-refractivity contribution in [3.63, 3.8) is 0 Å². The maximum absolute atomic E-state index is 11.2. The summed E-state index contributed by atoms with van der Waals surface area (Å²) in [6.07, 6.45) is 0. The van der Waals surface area contributed by atoms with Gasteiger partial charge in [0.2, 0.25) is 0 Å². The smallest absolute Gasteiger partial charge is 0.300 e. The summed E-state index contributed by atoms with van der Waals surface area (Å²) in [4.78, 5) is 13.5. The second-order valence-corrected chi connectivity index (χ2v) is 4.13. The molecule has 1 aromatic rings. The number of morpholine rings is 1. The Hall–Kier alpha value is -1.37. The zero-order valence-electron chi connectivity index (χ0n) is 9.81. The van der Waals surface area contributed by atoms with Crippen LogP contribution in [0.3, 0.4) is 0 Å². The van der Waals surface area contributed by atoms with E-state index in [9.17, 15) is 4.79 Å². The molecule has 17 heavy (non-hydrogen) atoms. The van der Waals surface area contributed by atoms with Gasteiger partial charge in [-0.25, -0.2) is 5.84 Å². The van der Waals surface area contributed by atoms with E-state index in [1.165, 1.54) is 0 Å². The van der Waals surface area contributed by atoms with Gasteiger partial charge < -0.3 is 9.15 Å². The molecule has 1 fully saturated rings. The Morgan fingerprint density at radius 3 is 3.18 bits per heavy atom. The lowest BCUT2D eigenvalue weighted by Gasteiger charge is -2.32. The van der Waals surface area contributed by atoms with E-state index in [0.717, 1.165) is 25.5 Å². The highest BCUT2D eigenvalue weighted by Gasteiger charge is 2.20. The van der Waals surface area contributed by atoms with E-state index < -0.39 is 5.91 Å². The van der Waals surface area contributed by atoms with Gasteiger partial charge in [0.05, 0.1) is 19.8 Å². The molecule has 0 bridgehead atoms. The van der Waals surface area contributed by atoms with E-state index in [2.05, 4.69) is 11.8 Å². The third-order valence-corrected chi connectivity index (χ3v) is 2.88. The Balaban J connectivity index is 1.98. The number of carbonyl (C=O) groups is 1. The number of rotatable bonds is 3. The highest BCUT2D eigenvalue weighted by atomic mass is 16.5. The Bertz CT molecular complexity index is 391. The van der Waals surface area contributed by atoms with Gasteiger partial charge in [0.15, 0.2) is 5.76 Å². The maximum Gasteiger partial charge on any atom is 0.300 e. The minimum absolute atomic E-state index is 0.239. The van der Waals surface area contributed by atoms with E-state index in [1.807, 2.05) is 5.43 Å². The third-order valence-electron chi connectivity index (χ3n) is 2.88. The summed E-state index contributed by atoms with van der Waals surface area (Å²) in [5.41, 5.74) is 2.04. The molecule has 1 aliphatic rings. The van der Waals surface area contributed by atoms with Crippen LogP contribution in [0.5, 0.6) is 0 Å². The van der Waals surface area contributed by atoms with Gasteiger partial charge in [0, 0.05) is 12.6 Å². The molecule has 0 radical (unpaired) electrons. The molecule has 1 aromatic heterocycles. The summed E-state index contributed by atoms with van der Waals surface area (Å²) in [6.45, 7) is 5.14. The molecule has 1 saturated heterocycles. The Labute approximate surface area is 99.7 Å². The van der Waals surface area contributed by atoms with Crippen LogP contribution in [0.15, 0.2) is 16.5 Å². The fourth-order valence-electron chi connectivity index (χ4n) is 1.85. The Morgan fingerprint density at radius 1 is 1.65 bits per heavy atom. The molecule has 1 amide bonds. The topological polar surface area (TPSA) is 80.7 Å². The second kappa shape index (κ2) is 5.31. The molecule has 0 aliphatic carbocycles. The number of hydrazine groups is 1. The molecule has 0 saturated carbocycles. The first-order chi connectivity index (χ1) is 8.20. The number of ether oxygens (including phenoxy) is 1. The Kier molecular flexibility index (Phi) is 3.78. The number of amides is 1. The van der Waals surface area contributed by atoms with E-state index >= 15 is 0 Å². The largest absolute Gasteiger partial charge is 0.455 e. The van der Waals surface area contributed by atoms with Gasteiger partial charge in [-0.1, -0.05) is 0 Å². The monoisotopic (exact) mass is 239 g/mol. The molecule has 1 aliphatic heterocycles. The molecular weight excluding hydrogens is 222 g/mol. The summed E-state index contributed by atoms with van der Waals surface area (Å²) >= 11 is 0. The molecule has 6 nitrogen and oxygen atoms in total. The van der Waals surface area contributed by atoms with Crippen molar-refractivity contribution >= 4 is 5.91 Å². The van der Waals surface area contributed by atoms with Crippen LogP contribution in [0.1, 0.15) is 23.2 Å². The molecule has 1 unspecified atom stereocenters. The van der Waals surface area contributed by atoms with Gasteiger partial charge in [-0.15, -0.1) is 0 Å². The van der Waals surface area contributed by atoms with E-state index in [1.54, 1.807) is 12.1 Å². The quantitative estimate of drug-likeness (QED) is 0.444. The van der Waals surface area contributed by atoms with Crippen LogP contribution < -0.4 is 11.3 Å². The van der Waals surface area contributed by atoms with Crippen molar-refractivity contribution in [3.8, 4) is 0 Å². The van der Waals surface area contributed by atoms with Crippen molar-refractivity contribution in [2.24, 2.45) is 5.84 Å². The number of carbonyl (C=O) groups excluding carboxylic acids is 1. The predicted octanol–water partition coefficient (Wildman–Crippen LogP) is 0.104. The van der Waals surface area contributed by atoms with Crippen LogP contribution >= 0.6 is 0 Å². The van der Waals surface area contributed by atoms with Crippen LogP contribution in [-0.2, 0) is 11.3 Å². The van der Waals surface area contributed by atoms with Crippen molar-refractivity contribution in [2.45, 2.75) is 19.5 Å². The van der Waals surface area contributed by atoms with Crippen LogP contribution in [0.25, 0.3) is 0 Å². The maximum atomic E-state index is 11.2. The zero-order chi connectivity index (χ0) is 12.3. The summed E-state index contributed by atoms with van der Waals surface area (Å²) in [6, 6.07) is 3.79. The lowest BCUT2D eigenvalue weighted by atomic mass is 10.2. The molecular formula is C11H17N3O3. The fraction of sp³-hybridized carbons (Fsp3) is 0.545. The van der Waals surface area contributed by atoms with Gasteiger partial charge in [0.25, 0.3) is 0 Å². The molecule has 1 atom stereocenters. The fourth-order valence-corrected chi connectivity index (χ4v) is 1.85. The lowest BCUT2D eigenvalue weighted by molar-refractivity contribution is -0.00720. The minimum Gasteiger partial charge on any atom is -0.455 e. The van der Waals surface area contributed by atoms with Crippen LogP contribution in [0, 0.1) is 0 Å². The molecule has 94 valence electrons. The zero-order valence-corrected chi connectivity index (χ0v) is 9.81. The summed E-state index contributed by atoms with van der Waals surface area (Å²) < 4.78 is 10.8. The van der Waals surface area contributed by atoms with Gasteiger partial charge in [0.1, 0.15) is 5.76 Å².